The predicted octanol–water partition coefficient (Wildman–Crippen LogP) is 7.23. The van der Waals surface area contributed by atoms with Crippen LogP contribution in [0.4, 0.5) is 0 Å². The zero-order chi connectivity index (χ0) is 23.5. The summed E-state index contributed by atoms with van der Waals surface area (Å²) in [6, 6.07) is 13.6. The standard InChI is InChI=1S/C31H43N3/c1-23-9-11-28(12-10-23)22-34-30-20-25(3)24(2)19-29(30)32-31(34)21-27-14-17-33(18-15-27)16-13-26-7-5-4-6-8-26/h9-12,19-20,26-27H,4-8,13-18,21-22H2,1-3H3. The Morgan fingerprint density at radius 1 is 0.824 bits per heavy atom. The topological polar surface area (TPSA) is 21.1 Å². The molecule has 3 aromatic rings. The smallest absolute Gasteiger partial charge is 0.110 e. The average Bonchev–Trinajstić information content (AvgIpc) is 3.16. The molecule has 0 atom stereocenters. The van der Waals surface area contributed by atoms with E-state index in [9.17, 15) is 0 Å². The van der Waals surface area contributed by atoms with Gasteiger partial charge in [0.1, 0.15) is 5.82 Å². The van der Waals surface area contributed by atoms with Gasteiger partial charge < -0.3 is 9.47 Å². The molecule has 1 aromatic heterocycles. The van der Waals surface area contributed by atoms with Crippen LogP contribution in [0.3, 0.4) is 0 Å². The molecule has 2 heterocycles. The summed E-state index contributed by atoms with van der Waals surface area (Å²) >= 11 is 0. The molecule has 0 bridgehead atoms. The Labute approximate surface area is 206 Å². The van der Waals surface area contributed by atoms with Gasteiger partial charge >= 0.3 is 0 Å². The average molecular weight is 458 g/mol. The summed E-state index contributed by atoms with van der Waals surface area (Å²) < 4.78 is 2.50. The first-order valence-corrected chi connectivity index (χ1v) is 13.8. The normalized spacial score (nSPS) is 18.7. The molecular weight excluding hydrogens is 414 g/mol. The first-order valence-electron chi connectivity index (χ1n) is 13.8. The van der Waals surface area contributed by atoms with E-state index in [4.69, 9.17) is 4.98 Å². The predicted molar refractivity (Wildman–Crippen MR) is 144 cm³/mol. The number of hydrogen-bond donors (Lipinski definition) is 0. The SMILES string of the molecule is Cc1ccc(Cn2c(CC3CCN(CCC4CCCCC4)CC3)nc3cc(C)c(C)cc32)cc1. The molecule has 34 heavy (non-hydrogen) atoms. The third kappa shape index (κ3) is 5.57. The molecular formula is C31H43N3. The highest BCUT2D eigenvalue weighted by molar-refractivity contribution is 5.78. The third-order valence-corrected chi connectivity index (χ3v) is 8.66. The molecule has 1 aliphatic heterocycles. The number of piperidine rings is 1. The van der Waals surface area contributed by atoms with E-state index in [0.717, 1.165) is 30.3 Å². The molecule has 0 unspecified atom stereocenters. The lowest BCUT2D eigenvalue weighted by molar-refractivity contribution is 0.166. The Hall–Kier alpha value is -2.13. The van der Waals surface area contributed by atoms with Gasteiger partial charge in [-0.15, -0.1) is 0 Å². The fourth-order valence-corrected chi connectivity index (χ4v) is 6.15. The van der Waals surface area contributed by atoms with Crippen molar-refractivity contribution >= 4 is 11.0 Å². The molecule has 0 radical (unpaired) electrons. The van der Waals surface area contributed by atoms with Crippen LogP contribution in [0.1, 0.15) is 79.4 Å². The second-order valence-corrected chi connectivity index (χ2v) is 11.3. The van der Waals surface area contributed by atoms with Crippen molar-refractivity contribution in [3.8, 4) is 0 Å². The summed E-state index contributed by atoms with van der Waals surface area (Å²) in [5, 5.41) is 0. The van der Waals surface area contributed by atoms with Crippen LogP contribution in [0, 0.1) is 32.6 Å². The number of likely N-dealkylation sites (tertiary alicyclic amines) is 1. The molecule has 0 N–H and O–H groups in total. The van der Waals surface area contributed by atoms with Crippen molar-refractivity contribution in [1.29, 1.82) is 0 Å². The van der Waals surface area contributed by atoms with Crippen molar-refractivity contribution in [2.24, 2.45) is 11.8 Å². The molecule has 2 aromatic carbocycles. The largest absolute Gasteiger partial charge is 0.323 e. The maximum absolute atomic E-state index is 5.19. The number of imidazole rings is 1. The number of rotatable bonds is 7. The van der Waals surface area contributed by atoms with Crippen molar-refractivity contribution in [3.63, 3.8) is 0 Å². The first kappa shape index (κ1) is 23.6. The highest BCUT2D eigenvalue weighted by Crippen LogP contribution is 2.29. The molecule has 3 nitrogen and oxygen atoms in total. The lowest BCUT2D eigenvalue weighted by Crippen LogP contribution is -2.36. The summed E-state index contributed by atoms with van der Waals surface area (Å²) in [6.07, 6.45) is 12.5. The minimum Gasteiger partial charge on any atom is -0.323 e. The van der Waals surface area contributed by atoms with E-state index in [0.29, 0.717) is 0 Å². The Bertz CT molecular complexity index is 1080. The van der Waals surface area contributed by atoms with Gasteiger partial charge in [-0.25, -0.2) is 4.98 Å². The Balaban J connectivity index is 1.27. The number of hydrogen-bond acceptors (Lipinski definition) is 2. The van der Waals surface area contributed by atoms with E-state index in [1.165, 1.54) is 105 Å². The zero-order valence-corrected chi connectivity index (χ0v) is 21.7. The Morgan fingerprint density at radius 2 is 1.53 bits per heavy atom. The van der Waals surface area contributed by atoms with Crippen molar-refractivity contribution < 1.29 is 0 Å². The van der Waals surface area contributed by atoms with Crippen molar-refractivity contribution in [2.75, 3.05) is 19.6 Å². The Kier molecular flexibility index (Phi) is 7.39. The van der Waals surface area contributed by atoms with Gasteiger partial charge in [0, 0.05) is 13.0 Å². The summed E-state index contributed by atoms with van der Waals surface area (Å²) in [7, 11) is 0. The molecule has 0 amide bonds. The van der Waals surface area contributed by atoms with Crippen molar-refractivity contribution in [1.82, 2.24) is 14.5 Å². The second kappa shape index (κ2) is 10.6. The lowest BCUT2D eigenvalue weighted by atomic mass is 9.86. The van der Waals surface area contributed by atoms with Crippen molar-refractivity contribution in [3.05, 3.63) is 64.5 Å². The van der Waals surface area contributed by atoms with Crippen LogP contribution >= 0.6 is 0 Å². The number of benzene rings is 2. The highest BCUT2D eigenvalue weighted by Gasteiger charge is 2.23. The van der Waals surface area contributed by atoms with Gasteiger partial charge in [-0.3, -0.25) is 0 Å². The molecule has 1 saturated heterocycles. The maximum atomic E-state index is 5.19. The minimum atomic E-state index is 0.752. The van der Waals surface area contributed by atoms with E-state index in [1.807, 2.05) is 0 Å². The monoisotopic (exact) mass is 457 g/mol. The molecule has 182 valence electrons. The minimum absolute atomic E-state index is 0.752. The van der Waals surface area contributed by atoms with Gasteiger partial charge in [0.2, 0.25) is 0 Å². The summed E-state index contributed by atoms with van der Waals surface area (Å²) in [5.41, 5.74) is 7.84. The fourth-order valence-electron chi connectivity index (χ4n) is 6.15. The maximum Gasteiger partial charge on any atom is 0.110 e. The molecule has 2 fully saturated rings. The van der Waals surface area contributed by atoms with Crippen LogP contribution in [0.2, 0.25) is 0 Å². The lowest BCUT2D eigenvalue weighted by Gasteiger charge is -2.33. The Morgan fingerprint density at radius 3 is 2.26 bits per heavy atom. The van der Waals surface area contributed by atoms with E-state index in [1.54, 1.807) is 0 Å². The quantitative estimate of drug-likeness (QED) is 0.373. The van der Waals surface area contributed by atoms with Gasteiger partial charge in [-0.1, -0.05) is 61.9 Å². The van der Waals surface area contributed by atoms with Crippen LogP contribution in [-0.4, -0.2) is 34.1 Å². The van der Waals surface area contributed by atoms with E-state index < -0.39 is 0 Å². The van der Waals surface area contributed by atoms with Crippen LogP contribution in [0.15, 0.2) is 36.4 Å². The van der Waals surface area contributed by atoms with Gasteiger partial charge in [0.25, 0.3) is 0 Å². The molecule has 2 aliphatic rings. The van der Waals surface area contributed by atoms with Gasteiger partial charge in [0.05, 0.1) is 11.0 Å². The number of aryl methyl sites for hydroxylation is 3. The summed E-state index contributed by atoms with van der Waals surface area (Å²) in [5.74, 6) is 3.03. The van der Waals surface area contributed by atoms with E-state index in [2.05, 4.69) is 66.6 Å². The number of fused-ring (bicyclic) bond motifs is 1. The van der Waals surface area contributed by atoms with Gasteiger partial charge in [-0.2, -0.15) is 0 Å². The fraction of sp³-hybridized carbons (Fsp3) is 0.581. The van der Waals surface area contributed by atoms with Gasteiger partial charge in [-0.05, 0) is 100 Å². The third-order valence-electron chi connectivity index (χ3n) is 8.66. The van der Waals surface area contributed by atoms with Crippen LogP contribution in [0.25, 0.3) is 11.0 Å². The number of nitrogens with zero attached hydrogens (tertiary/aromatic N) is 3. The molecule has 5 rings (SSSR count). The van der Waals surface area contributed by atoms with Crippen LogP contribution in [-0.2, 0) is 13.0 Å². The van der Waals surface area contributed by atoms with Crippen LogP contribution < -0.4 is 0 Å². The van der Waals surface area contributed by atoms with E-state index in [-0.39, 0.29) is 0 Å². The van der Waals surface area contributed by atoms with E-state index >= 15 is 0 Å². The molecule has 3 heteroatoms. The van der Waals surface area contributed by atoms with Gasteiger partial charge in [0.15, 0.2) is 0 Å². The molecule has 1 saturated carbocycles. The zero-order valence-electron chi connectivity index (χ0n) is 21.7. The second-order valence-electron chi connectivity index (χ2n) is 11.3. The molecule has 1 aliphatic carbocycles. The first-order chi connectivity index (χ1) is 16.5. The highest BCUT2D eigenvalue weighted by atomic mass is 15.1. The summed E-state index contributed by atoms with van der Waals surface area (Å²) in [4.78, 5) is 7.93. The van der Waals surface area contributed by atoms with Crippen LogP contribution in [0.5, 0.6) is 0 Å². The summed E-state index contributed by atoms with van der Waals surface area (Å²) in [6.45, 7) is 11.4. The molecule has 0 spiro atoms. The number of aromatic nitrogens is 2. The van der Waals surface area contributed by atoms with Crippen molar-refractivity contribution in [2.45, 2.75) is 85.1 Å².